The van der Waals surface area contributed by atoms with Crippen LogP contribution in [0.25, 0.3) is 0 Å². The van der Waals surface area contributed by atoms with Gasteiger partial charge in [-0.25, -0.2) is 0 Å². The third-order valence-electron chi connectivity index (χ3n) is 4.30. The summed E-state index contributed by atoms with van der Waals surface area (Å²) in [7, 11) is 0. The molecule has 1 aliphatic rings. The van der Waals surface area contributed by atoms with Crippen molar-refractivity contribution in [1.29, 1.82) is 5.26 Å². The predicted molar refractivity (Wildman–Crippen MR) is 84.5 cm³/mol. The van der Waals surface area contributed by atoms with Crippen molar-refractivity contribution < 1.29 is 4.79 Å². The van der Waals surface area contributed by atoms with Crippen LogP contribution in [0.5, 0.6) is 0 Å². The highest BCUT2D eigenvalue weighted by Gasteiger charge is 2.36. The molecule has 1 N–H and O–H groups in total. The molecule has 1 saturated carbocycles. The van der Waals surface area contributed by atoms with Gasteiger partial charge in [-0.3, -0.25) is 4.79 Å². The number of benzene rings is 1. The standard InChI is InChI=1S/C16H18Cl2N2O/c1-2-11-6-8-16(10-19,9-7-11)20-15(21)12-4-3-5-13(17)14(12)18/h3-5,11H,2,6-9H2,1H3,(H,20,21). The van der Waals surface area contributed by atoms with Crippen LogP contribution in [0.3, 0.4) is 0 Å². The van der Waals surface area contributed by atoms with Gasteiger partial charge in [0.1, 0.15) is 5.54 Å². The lowest BCUT2D eigenvalue weighted by Gasteiger charge is -2.35. The van der Waals surface area contributed by atoms with Crippen LogP contribution in [0.2, 0.25) is 10.0 Å². The maximum absolute atomic E-state index is 12.4. The number of nitrogens with one attached hydrogen (secondary N) is 1. The van der Waals surface area contributed by atoms with Gasteiger partial charge in [0.2, 0.25) is 0 Å². The van der Waals surface area contributed by atoms with Gasteiger partial charge in [-0.2, -0.15) is 5.26 Å². The summed E-state index contributed by atoms with van der Waals surface area (Å²) in [5, 5.41) is 12.9. The van der Waals surface area contributed by atoms with Crippen molar-refractivity contribution in [2.24, 2.45) is 5.92 Å². The van der Waals surface area contributed by atoms with Crippen molar-refractivity contribution in [2.45, 2.75) is 44.6 Å². The topological polar surface area (TPSA) is 52.9 Å². The van der Waals surface area contributed by atoms with Crippen molar-refractivity contribution in [3.05, 3.63) is 33.8 Å². The molecule has 1 aromatic carbocycles. The van der Waals surface area contributed by atoms with Crippen molar-refractivity contribution in [3.8, 4) is 6.07 Å². The van der Waals surface area contributed by atoms with Crippen molar-refractivity contribution in [3.63, 3.8) is 0 Å². The Kier molecular flexibility index (Phi) is 5.13. The molecule has 0 spiro atoms. The van der Waals surface area contributed by atoms with E-state index in [2.05, 4.69) is 18.3 Å². The summed E-state index contributed by atoms with van der Waals surface area (Å²) in [5.41, 5.74) is -0.467. The maximum atomic E-state index is 12.4. The molecule has 112 valence electrons. The fourth-order valence-corrected chi connectivity index (χ4v) is 3.19. The van der Waals surface area contributed by atoms with E-state index in [1.807, 2.05) is 0 Å². The fourth-order valence-electron chi connectivity index (χ4n) is 2.81. The zero-order chi connectivity index (χ0) is 15.5. The molecule has 21 heavy (non-hydrogen) atoms. The van der Waals surface area contributed by atoms with Crippen LogP contribution >= 0.6 is 23.2 Å². The third-order valence-corrected chi connectivity index (χ3v) is 5.12. The number of nitriles is 1. The highest BCUT2D eigenvalue weighted by molar-refractivity contribution is 6.43. The Balaban J connectivity index is 2.14. The maximum Gasteiger partial charge on any atom is 0.254 e. The van der Waals surface area contributed by atoms with Gasteiger partial charge in [-0.1, -0.05) is 42.6 Å². The van der Waals surface area contributed by atoms with Crippen LogP contribution in [-0.4, -0.2) is 11.4 Å². The summed E-state index contributed by atoms with van der Waals surface area (Å²) in [6.45, 7) is 2.16. The van der Waals surface area contributed by atoms with Crippen LogP contribution in [0.15, 0.2) is 18.2 Å². The Morgan fingerprint density at radius 1 is 1.43 bits per heavy atom. The Bertz CT molecular complexity index is 572. The van der Waals surface area contributed by atoms with E-state index in [1.165, 1.54) is 0 Å². The van der Waals surface area contributed by atoms with Crippen LogP contribution in [0.4, 0.5) is 0 Å². The fraction of sp³-hybridized carbons (Fsp3) is 0.500. The molecular weight excluding hydrogens is 307 g/mol. The number of amides is 1. The highest BCUT2D eigenvalue weighted by atomic mass is 35.5. The minimum atomic E-state index is -0.783. The van der Waals surface area contributed by atoms with E-state index >= 15 is 0 Å². The Labute approximate surface area is 135 Å². The zero-order valence-corrected chi connectivity index (χ0v) is 13.5. The lowest BCUT2D eigenvalue weighted by molar-refractivity contribution is 0.0891. The average molecular weight is 325 g/mol. The van der Waals surface area contributed by atoms with E-state index in [4.69, 9.17) is 23.2 Å². The summed E-state index contributed by atoms with van der Waals surface area (Å²) >= 11 is 12.0. The molecule has 1 amide bonds. The molecule has 0 heterocycles. The minimum absolute atomic E-state index is 0.229. The van der Waals surface area contributed by atoms with Crippen LogP contribution in [0, 0.1) is 17.2 Å². The predicted octanol–water partition coefficient (Wildman–Crippen LogP) is 4.59. The molecule has 3 nitrogen and oxygen atoms in total. The quantitative estimate of drug-likeness (QED) is 0.884. The van der Waals surface area contributed by atoms with Gasteiger partial charge in [-0.15, -0.1) is 0 Å². The molecule has 0 atom stereocenters. The number of rotatable bonds is 3. The van der Waals surface area contributed by atoms with Gasteiger partial charge in [0, 0.05) is 0 Å². The summed E-state index contributed by atoms with van der Waals surface area (Å²) in [6.07, 6.45) is 4.43. The van der Waals surface area contributed by atoms with Gasteiger partial charge >= 0.3 is 0 Å². The number of carbonyl (C=O) groups is 1. The number of nitrogens with zero attached hydrogens (tertiary/aromatic N) is 1. The van der Waals surface area contributed by atoms with E-state index in [9.17, 15) is 10.1 Å². The summed E-state index contributed by atoms with van der Waals surface area (Å²) in [5.74, 6) is 0.317. The zero-order valence-electron chi connectivity index (χ0n) is 12.0. The van der Waals surface area contributed by atoms with E-state index in [0.29, 0.717) is 29.3 Å². The smallest absolute Gasteiger partial charge is 0.254 e. The molecular formula is C16H18Cl2N2O. The number of hydrogen-bond acceptors (Lipinski definition) is 2. The molecule has 0 bridgehead atoms. The van der Waals surface area contributed by atoms with Crippen LogP contribution in [-0.2, 0) is 0 Å². The van der Waals surface area contributed by atoms with Crippen LogP contribution < -0.4 is 5.32 Å². The summed E-state index contributed by atoms with van der Waals surface area (Å²) < 4.78 is 0. The van der Waals surface area contributed by atoms with E-state index in [0.717, 1.165) is 19.3 Å². The normalized spacial score (nSPS) is 25.1. The SMILES string of the molecule is CCC1CCC(C#N)(NC(=O)c2cccc(Cl)c2Cl)CC1. The lowest BCUT2D eigenvalue weighted by atomic mass is 9.76. The molecule has 1 aliphatic carbocycles. The lowest BCUT2D eigenvalue weighted by Crippen LogP contribution is -2.49. The number of carbonyl (C=O) groups excluding carboxylic acids is 1. The molecule has 0 radical (unpaired) electrons. The van der Waals surface area contributed by atoms with E-state index < -0.39 is 5.54 Å². The molecule has 1 aromatic rings. The van der Waals surface area contributed by atoms with Crippen molar-refractivity contribution in [2.75, 3.05) is 0 Å². The van der Waals surface area contributed by atoms with Gasteiger partial charge in [-0.05, 0) is 43.7 Å². The molecule has 0 saturated heterocycles. The average Bonchev–Trinajstić information content (AvgIpc) is 2.50. The first kappa shape index (κ1) is 16.1. The largest absolute Gasteiger partial charge is 0.334 e. The molecule has 1 fully saturated rings. The van der Waals surface area contributed by atoms with Crippen LogP contribution in [0.1, 0.15) is 49.4 Å². The first-order valence-corrected chi connectivity index (χ1v) is 7.94. The Hall–Kier alpha value is -1.24. The van der Waals surface area contributed by atoms with Crippen molar-refractivity contribution >= 4 is 29.1 Å². The first-order chi connectivity index (χ1) is 10.0. The van der Waals surface area contributed by atoms with Crippen molar-refractivity contribution in [1.82, 2.24) is 5.32 Å². The second kappa shape index (κ2) is 6.68. The Morgan fingerprint density at radius 2 is 2.10 bits per heavy atom. The van der Waals surface area contributed by atoms with Gasteiger partial charge in [0.15, 0.2) is 0 Å². The third kappa shape index (κ3) is 3.51. The minimum Gasteiger partial charge on any atom is -0.334 e. The van der Waals surface area contributed by atoms with Gasteiger partial charge in [0.25, 0.3) is 5.91 Å². The molecule has 0 aromatic heterocycles. The number of halogens is 2. The van der Waals surface area contributed by atoms with E-state index in [-0.39, 0.29) is 10.9 Å². The van der Waals surface area contributed by atoms with Gasteiger partial charge < -0.3 is 5.32 Å². The second-order valence-electron chi connectivity index (χ2n) is 5.60. The highest BCUT2D eigenvalue weighted by Crippen LogP contribution is 2.34. The first-order valence-electron chi connectivity index (χ1n) is 7.19. The summed E-state index contributed by atoms with van der Waals surface area (Å²) in [4.78, 5) is 12.4. The molecule has 0 unspecified atom stereocenters. The van der Waals surface area contributed by atoms with E-state index in [1.54, 1.807) is 18.2 Å². The molecule has 0 aliphatic heterocycles. The second-order valence-corrected chi connectivity index (χ2v) is 6.39. The molecule has 5 heteroatoms. The summed E-state index contributed by atoms with van der Waals surface area (Å²) in [6, 6.07) is 7.22. The van der Waals surface area contributed by atoms with Gasteiger partial charge in [0.05, 0.1) is 21.7 Å². The number of hydrogen-bond donors (Lipinski definition) is 1. The monoisotopic (exact) mass is 324 g/mol. The Morgan fingerprint density at radius 3 is 2.67 bits per heavy atom. The molecule has 2 rings (SSSR count).